The molecule has 0 bridgehead atoms. The summed E-state index contributed by atoms with van der Waals surface area (Å²) in [6.45, 7) is 1.35. The van der Waals surface area contributed by atoms with Crippen LogP contribution in [0.15, 0.2) is 0 Å². The highest BCUT2D eigenvalue weighted by atomic mass is 16.5. The van der Waals surface area contributed by atoms with Crippen LogP contribution >= 0.6 is 0 Å². The van der Waals surface area contributed by atoms with Gasteiger partial charge in [0.1, 0.15) is 5.78 Å². The van der Waals surface area contributed by atoms with Gasteiger partial charge in [0.2, 0.25) is 0 Å². The van der Waals surface area contributed by atoms with Gasteiger partial charge in [-0.25, -0.2) is 0 Å². The van der Waals surface area contributed by atoms with E-state index in [-0.39, 0.29) is 5.78 Å². The molecular formula is C9H12O5. The first-order chi connectivity index (χ1) is 6.54. The number of Topliss-reactive ketones (excluding diaryl/α,β-unsaturated/α-hetero) is 1. The average Bonchev–Trinajstić information content (AvgIpc) is 2.90. The van der Waals surface area contributed by atoms with Crippen molar-refractivity contribution in [1.82, 2.24) is 0 Å². The lowest BCUT2D eigenvalue weighted by Gasteiger charge is -1.95. The van der Waals surface area contributed by atoms with Gasteiger partial charge in [0.15, 0.2) is 0 Å². The molecule has 1 rings (SSSR count). The number of ketones is 1. The van der Waals surface area contributed by atoms with Crippen molar-refractivity contribution in [2.45, 2.75) is 6.92 Å². The van der Waals surface area contributed by atoms with Gasteiger partial charge < -0.3 is 9.47 Å². The summed E-state index contributed by atoms with van der Waals surface area (Å²) >= 11 is 0. The first-order valence-corrected chi connectivity index (χ1v) is 4.20. The Balaban J connectivity index is 2.73. The number of methoxy groups -OCH3 is 2. The maximum atomic E-state index is 11.1. The molecule has 0 radical (unpaired) electrons. The monoisotopic (exact) mass is 200 g/mol. The van der Waals surface area contributed by atoms with Crippen LogP contribution < -0.4 is 0 Å². The second-order valence-corrected chi connectivity index (χ2v) is 3.23. The number of hydrogen-bond acceptors (Lipinski definition) is 5. The average molecular weight is 200 g/mol. The largest absolute Gasteiger partial charge is 0.469 e. The predicted molar refractivity (Wildman–Crippen MR) is 45.2 cm³/mol. The lowest BCUT2D eigenvalue weighted by atomic mass is 10.2. The molecule has 0 unspecified atom stereocenters. The van der Waals surface area contributed by atoms with Crippen LogP contribution in [0.5, 0.6) is 0 Å². The van der Waals surface area contributed by atoms with Crippen molar-refractivity contribution in [3.05, 3.63) is 0 Å². The van der Waals surface area contributed by atoms with Gasteiger partial charge in [-0.3, -0.25) is 14.4 Å². The molecule has 0 spiro atoms. The third-order valence-electron chi connectivity index (χ3n) is 2.44. The van der Waals surface area contributed by atoms with Crippen molar-refractivity contribution in [3.8, 4) is 0 Å². The number of rotatable bonds is 3. The predicted octanol–water partition coefficient (Wildman–Crippen LogP) is -0.216. The molecule has 5 nitrogen and oxygen atoms in total. The fourth-order valence-corrected chi connectivity index (χ4v) is 1.68. The summed E-state index contributed by atoms with van der Waals surface area (Å²) in [6.07, 6.45) is 0. The Labute approximate surface area is 81.4 Å². The molecule has 0 heterocycles. The number of carbonyl (C=O) groups is 3. The minimum atomic E-state index is -0.648. The smallest absolute Gasteiger partial charge is 0.310 e. The van der Waals surface area contributed by atoms with Gasteiger partial charge in [-0.2, -0.15) is 0 Å². The van der Waals surface area contributed by atoms with E-state index in [2.05, 4.69) is 9.47 Å². The summed E-state index contributed by atoms with van der Waals surface area (Å²) in [5.41, 5.74) is 0. The maximum Gasteiger partial charge on any atom is 0.310 e. The summed E-state index contributed by atoms with van der Waals surface area (Å²) in [7, 11) is 2.46. The van der Waals surface area contributed by atoms with E-state index in [1.807, 2.05) is 0 Å². The normalized spacial score (nSPS) is 29.2. The molecule has 1 fully saturated rings. The van der Waals surface area contributed by atoms with Gasteiger partial charge in [0.05, 0.1) is 26.1 Å². The van der Waals surface area contributed by atoms with Crippen LogP contribution in [-0.4, -0.2) is 31.9 Å². The highest BCUT2D eigenvalue weighted by Crippen LogP contribution is 2.48. The molecule has 5 heteroatoms. The highest BCUT2D eigenvalue weighted by molar-refractivity contribution is 5.99. The van der Waals surface area contributed by atoms with E-state index in [0.29, 0.717) is 0 Å². The number of hydrogen-bond donors (Lipinski definition) is 0. The van der Waals surface area contributed by atoms with Crippen LogP contribution in [0.4, 0.5) is 0 Å². The molecular weight excluding hydrogens is 188 g/mol. The minimum Gasteiger partial charge on any atom is -0.469 e. The van der Waals surface area contributed by atoms with E-state index in [1.54, 1.807) is 0 Å². The SMILES string of the molecule is COC(=O)[C@H]1C(C(C)=O)[C@@H]1C(=O)OC. The quantitative estimate of drug-likeness (QED) is 0.589. The molecule has 1 aliphatic rings. The molecule has 1 saturated carbocycles. The topological polar surface area (TPSA) is 69.7 Å². The summed E-state index contributed by atoms with van der Waals surface area (Å²) in [5.74, 6) is -3.10. The molecule has 0 N–H and O–H groups in total. The van der Waals surface area contributed by atoms with E-state index >= 15 is 0 Å². The van der Waals surface area contributed by atoms with Crippen molar-refractivity contribution in [3.63, 3.8) is 0 Å². The zero-order valence-electron chi connectivity index (χ0n) is 8.27. The number of ether oxygens (including phenoxy) is 2. The van der Waals surface area contributed by atoms with E-state index in [9.17, 15) is 14.4 Å². The van der Waals surface area contributed by atoms with Crippen molar-refractivity contribution in [1.29, 1.82) is 0 Å². The van der Waals surface area contributed by atoms with Crippen LogP contribution in [0.1, 0.15) is 6.92 Å². The summed E-state index contributed by atoms with van der Waals surface area (Å²) in [5, 5.41) is 0. The van der Waals surface area contributed by atoms with E-state index in [1.165, 1.54) is 21.1 Å². The lowest BCUT2D eigenvalue weighted by molar-refractivity contribution is -0.148. The molecule has 78 valence electrons. The van der Waals surface area contributed by atoms with Crippen molar-refractivity contribution < 1.29 is 23.9 Å². The third kappa shape index (κ3) is 1.62. The van der Waals surface area contributed by atoms with Gasteiger partial charge in [-0.1, -0.05) is 0 Å². The molecule has 1 aliphatic carbocycles. The summed E-state index contributed by atoms with van der Waals surface area (Å²) < 4.78 is 8.96. The highest BCUT2D eigenvalue weighted by Gasteiger charge is 2.62. The zero-order valence-corrected chi connectivity index (χ0v) is 8.27. The Morgan fingerprint density at radius 3 is 1.43 bits per heavy atom. The molecule has 0 aromatic carbocycles. The molecule has 0 amide bonds. The van der Waals surface area contributed by atoms with Gasteiger partial charge in [-0.15, -0.1) is 0 Å². The van der Waals surface area contributed by atoms with E-state index in [0.717, 1.165) is 0 Å². The Kier molecular flexibility index (Phi) is 2.88. The minimum absolute atomic E-state index is 0.184. The van der Waals surface area contributed by atoms with Gasteiger partial charge in [0.25, 0.3) is 0 Å². The van der Waals surface area contributed by atoms with Crippen LogP contribution in [0.25, 0.3) is 0 Å². The van der Waals surface area contributed by atoms with Gasteiger partial charge >= 0.3 is 11.9 Å². The molecule has 0 aromatic heterocycles. The molecule has 0 aliphatic heterocycles. The fraction of sp³-hybridized carbons (Fsp3) is 0.667. The first kappa shape index (κ1) is 10.7. The van der Waals surface area contributed by atoms with E-state index in [4.69, 9.17) is 0 Å². The Bertz CT molecular complexity index is 261. The Morgan fingerprint density at radius 2 is 1.21 bits per heavy atom. The second-order valence-electron chi connectivity index (χ2n) is 3.23. The van der Waals surface area contributed by atoms with Gasteiger partial charge in [0, 0.05) is 5.92 Å². The van der Waals surface area contributed by atoms with Crippen molar-refractivity contribution in [2.75, 3.05) is 14.2 Å². The van der Waals surface area contributed by atoms with E-state index < -0.39 is 29.7 Å². The Morgan fingerprint density at radius 1 is 0.857 bits per heavy atom. The summed E-state index contributed by atoms with van der Waals surface area (Å²) in [4.78, 5) is 33.3. The molecule has 14 heavy (non-hydrogen) atoms. The zero-order chi connectivity index (χ0) is 10.9. The standard InChI is InChI=1S/C9H12O5/c1-4(10)5-6(8(11)13-2)7(5)9(12)14-3/h5-7H,1-3H3/t6-,7-/m0/s1. The number of esters is 2. The van der Waals surface area contributed by atoms with Crippen molar-refractivity contribution in [2.24, 2.45) is 17.8 Å². The lowest BCUT2D eigenvalue weighted by Crippen LogP contribution is -2.10. The Hall–Kier alpha value is -1.39. The van der Waals surface area contributed by atoms with Crippen LogP contribution in [-0.2, 0) is 23.9 Å². The first-order valence-electron chi connectivity index (χ1n) is 4.20. The molecule has 0 saturated heterocycles. The van der Waals surface area contributed by atoms with Gasteiger partial charge in [-0.05, 0) is 6.92 Å². The third-order valence-corrected chi connectivity index (χ3v) is 2.44. The molecule has 0 aromatic rings. The van der Waals surface area contributed by atoms with Crippen LogP contribution in [0.2, 0.25) is 0 Å². The van der Waals surface area contributed by atoms with Crippen LogP contribution in [0, 0.1) is 17.8 Å². The van der Waals surface area contributed by atoms with Crippen LogP contribution in [0.3, 0.4) is 0 Å². The second kappa shape index (κ2) is 3.77. The fourth-order valence-electron chi connectivity index (χ4n) is 1.68. The number of carbonyl (C=O) groups excluding carboxylic acids is 3. The summed E-state index contributed by atoms with van der Waals surface area (Å²) in [6, 6.07) is 0. The van der Waals surface area contributed by atoms with Crippen molar-refractivity contribution >= 4 is 17.7 Å². The maximum absolute atomic E-state index is 11.1. The molecule has 2 atom stereocenters.